The molecule has 0 aromatic heterocycles. The number of aliphatic hydroxyl groups is 5. The SMILES string of the molecule is N.[2H]C([2H])(OC(=O)CCCCCCCCCCCCCCCC)[C@@]([2H])(OC(=O)CCCCCCC/C=C\CCCCCCCC)C([2H])([2H])OP(=O)(O)OC1[C@H](O)[C@H](O)C(O)[C@H](O)[C@H]1O. The van der Waals surface area contributed by atoms with Crippen molar-refractivity contribution in [3.63, 3.8) is 0 Å². The van der Waals surface area contributed by atoms with Gasteiger partial charge in [0.05, 0.1) is 13.4 Å². The number of hydrogen-bond acceptors (Lipinski definition) is 13. The number of esters is 2. The summed E-state index contributed by atoms with van der Waals surface area (Å²) in [4.78, 5) is 36.5. The van der Waals surface area contributed by atoms with Crippen LogP contribution in [0, 0.1) is 0 Å². The van der Waals surface area contributed by atoms with E-state index in [1.165, 1.54) is 89.9 Å². The number of phosphoric ester groups is 1. The first-order valence-electron chi connectivity index (χ1n) is 25.0. The molecule has 1 fully saturated rings. The normalized spacial score (nSPS) is 24.4. The van der Waals surface area contributed by atoms with Crippen LogP contribution in [0.15, 0.2) is 12.2 Å². The molecular formula is C44H86NO13P. The van der Waals surface area contributed by atoms with Crippen molar-refractivity contribution in [1.82, 2.24) is 6.15 Å². The van der Waals surface area contributed by atoms with Crippen LogP contribution in [-0.4, -0.2) is 98.2 Å². The fraction of sp³-hybridized carbons (Fsp3) is 0.909. The first-order valence-corrected chi connectivity index (χ1v) is 24.0. The lowest BCUT2D eigenvalue weighted by Crippen LogP contribution is -2.64. The summed E-state index contributed by atoms with van der Waals surface area (Å²) in [6.45, 7) is -3.58. The van der Waals surface area contributed by atoms with Crippen LogP contribution in [0.2, 0.25) is 0 Å². The standard InChI is InChI=1S/C44H83O13P.H3N/c1-3-5-7-9-11-13-15-17-19-21-23-25-27-29-31-33-38(46)56-36(35-55-58(52,53)57-44-42(50)40(48)39(47)41(49)43(44)51)34-54-37(45)32-30-28-26-24-22-20-18-16-14-12-10-8-6-4-2;/h17,19,36,39-44,47-51H,3-16,18,20-35H2,1-2H3,(H,52,53);1H3/b19-17-;/t36-,39?,40-,41+,42-,43-,44?;/m1./s1/i34D2,35D2,36D;. The monoisotopic (exact) mass is 873 g/mol. The second-order valence-electron chi connectivity index (χ2n) is 15.7. The summed E-state index contributed by atoms with van der Waals surface area (Å²) < 4.78 is 74.9. The quantitative estimate of drug-likeness (QED) is 0.0133. The highest BCUT2D eigenvalue weighted by atomic mass is 31.2. The Labute approximate surface area is 363 Å². The Hall–Kier alpha value is -1.45. The van der Waals surface area contributed by atoms with Gasteiger partial charge in [-0.1, -0.05) is 161 Å². The van der Waals surface area contributed by atoms with E-state index >= 15 is 0 Å². The number of carbonyl (C=O) groups is 2. The van der Waals surface area contributed by atoms with Crippen molar-refractivity contribution in [2.75, 3.05) is 13.1 Å². The number of ether oxygens (including phenoxy) is 2. The molecule has 0 aromatic rings. The van der Waals surface area contributed by atoms with E-state index in [-0.39, 0.29) is 25.4 Å². The maximum atomic E-state index is 13.1. The Morgan fingerprint density at radius 3 is 1.36 bits per heavy atom. The predicted octanol–water partition coefficient (Wildman–Crippen LogP) is 8.83. The summed E-state index contributed by atoms with van der Waals surface area (Å²) in [7, 11) is -5.99. The molecule has 0 aliphatic heterocycles. The van der Waals surface area contributed by atoms with Crippen LogP contribution in [0.4, 0.5) is 0 Å². The van der Waals surface area contributed by atoms with Gasteiger partial charge < -0.3 is 46.1 Å². The third-order valence-electron chi connectivity index (χ3n) is 10.4. The molecular weight excluding hydrogens is 781 g/mol. The molecule has 59 heavy (non-hydrogen) atoms. The van der Waals surface area contributed by atoms with E-state index in [0.717, 1.165) is 57.8 Å². The molecule has 9 N–H and O–H groups in total. The number of allylic oxidation sites excluding steroid dienone is 2. The van der Waals surface area contributed by atoms with Gasteiger partial charge in [-0.2, -0.15) is 0 Å². The highest BCUT2D eigenvalue weighted by Crippen LogP contribution is 2.47. The summed E-state index contributed by atoms with van der Waals surface area (Å²) in [5, 5.41) is 50.4. The number of phosphoric acid groups is 1. The van der Waals surface area contributed by atoms with Gasteiger partial charge in [0, 0.05) is 12.8 Å². The third kappa shape index (κ3) is 29.5. The van der Waals surface area contributed by atoms with E-state index in [0.29, 0.717) is 12.8 Å². The topological polar surface area (TPSA) is 245 Å². The van der Waals surface area contributed by atoms with Crippen LogP contribution in [0.25, 0.3) is 0 Å². The molecule has 0 bridgehead atoms. The van der Waals surface area contributed by atoms with Gasteiger partial charge >= 0.3 is 19.8 Å². The molecule has 8 atom stereocenters. The van der Waals surface area contributed by atoms with Gasteiger partial charge in [0.25, 0.3) is 0 Å². The number of unbranched alkanes of at least 4 members (excludes halogenated alkanes) is 24. The Morgan fingerprint density at radius 1 is 0.576 bits per heavy atom. The molecule has 1 aliphatic carbocycles. The highest BCUT2D eigenvalue weighted by molar-refractivity contribution is 7.47. The number of rotatable bonds is 38. The minimum atomic E-state index is -5.99. The second kappa shape index (κ2) is 37.1. The first-order chi connectivity index (χ1) is 29.8. The van der Waals surface area contributed by atoms with Crippen molar-refractivity contribution >= 4 is 19.8 Å². The average Bonchev–Trinajstić information content (AvgIpc) is 3.21. The molecule has 1 aliphatic rings. The van der Waals surface area contributed by atoms with Gasteiger partial charge in [-0.25, -0.2) is 4.57 Å². The summed E-state index contributed by atoms with van der Waals surface area (Å²) in [5.74, 6) is -2.49. The Balaban J connectivity index is 0.0000397. The summed E-state index contributed by atoms with van der Waals surface area (Å²) in [6.07, 6.45) is 13.7. The third-order valence-corrected chi connectivity index (χ3v) is 11.3. The molecule has 0 saturated heterocycles. The zero-order chi connectivity index (χ0) is 47.4. The summed E-state index contributed by atoms with van der Waals surface area (Å²) >= 11 is 0. The Bertz CT molecular complexity index is 1310. The summed E-state index contributed by atoms with van der Waals surface area (Å²) in [6, 6.07) is 0. The van der Waals surface area contributed by atoms with Crippen LogP contribution < -0.4 is 6.15 Å². The lowest BCUT2D eigenvalue weighted by molar-refractivity contribution is -0.220. The van der Waals surface area contributed by atoms with Gasteiger partial charge in [0.1, 0.15) is 43.2 Å². The van der Waals surface area contributed by atoms with Crippen molar-refractivity contribution in [2.45, 2.75) is 243 Å². The minimum Gasteiger partial charge on any atom is -0.462 e. The second-order valence-corrected chi connectivity index (χ2v) is 17.1. The van der Waals surface area contributed by atoms with Gasteiger partial charge in [0.15, 0.2) is 6.08 Å². The van der Waals surface area contributed by atoms with E-state index in [2.05, 4.69) is 35.0 Å². The maximum absolute atomic E-state index is 13.1. The van der Waals surface area contributed by atoms with Gasteiger partial charge in [-0.05, 0) is 38.5 Å². The largest absolute Gasteiger partial charge is 0.472 e. The molecule has 0 amide bonds. The van der Waals surface area contributed by atoms with E-state index in [9.17, 15) is 44.6 Å². The zero-order valence-corrected chi connectivity index (χ0v) is 37.2. The van der Waals surface area contributed by atoms with Crippen LogP contribution >= 0.6 is 7.82 Å². The Kier molecular flexibility index (Phi) is 30.6. The van der Waals surface area contributed by atoms with Crippen molar-refractivity contribution in [3.8, 4) is 0 Å². The first kappa shape index (κ1) is 48.6. The van der Waals surface area contributed by atoms with E-state index in [4.69, 9.17) is 16.3 Å². The van der Waals surface area contributed by atoms with E-state index in [1.807, 2.05) is 0 Å². The molecule has 350 valence electrons. The van der Waals surface area contributed by atoms with Crippen molar-refractivity contribution in [2.24, 2.45) is 0 Å². The molecule has 0 radical (unpaired) electrons. The minimum absolute atomic E-state index is 0. The van der Waals surface area contributed by atoms with Crippen LogP contribution in [-0.2, 0) is 32.7 Å². The van der Waals surface area contributed by atoms with Crippen LogP contribution in [0.3, 0.4) is 0 Å². The number of carbonyl (C=O) groups excluding carboxylic acids is 2. The number of hydrogen-bond donors (Lipinski definition) is 7. The number of aliphatic hydroxyl groups excluding tert-OH is 5. The molecule has 1 rings (SSSR count). The van der Waals surface area contributed by atoms with Crippen molar-refractivity contribution < 1.29 is 70.0 Å². The van der Waals surface area contributed by atoms with Crippen LogP contribution in [0.1, 0.15) is 207 Å². The smallest absolute Gasteiger partial charge is 0.462 e. The van der Waals surface area contributed by atoms with Crippen molar-refractivity contribution in [3.05, 3.63) is 12.2 Å². The molecule has 0 spiro atoms. The van der Waals surface area contributed by atoms with Crippen molar-refractivity contribution in [1.29, 1.82) is 0 Å². The molecule has 15 heteroatoms. The van der Waals surface area contributed by atoms with Gasteiger partial charge in [-0.3, -0.25) is 18.6 Å². The molecule has 0 heterocycles. The predicted molar refractivity (Wildman–Crippen MR) is 231 cm³/mol. The Morgan fingerprint density at radius 2 is 0.932 bits per heavy atom. The van der Waals surface area contributed by atoms with Crippen LogP contribution in [0.5, 0.6) is 0 Å². The fourth-order valence-electron chi connectivity index (χ4n) is 6.78. The average molecular weight is 873 g/mol. The molecule has 14 nitrogen and oxygen atoms in total. The molecule has 3 unspecified atom stereocenters. The van der Waals surface area contributed by atoms with Gasteiger partial charge in [-0.15, -0.1) is 0 Å². The lowest BCUT2D eigenvalue weighted by atomic mass is 9.85. The van der Waals surface area contributed by atoms with E-state index in [1.54, 1.807) is 0 Å². The summed E-state index contributed by atoms with van der Waals surface area (Å²) in [5.41, 5.74) is 0. The molecule has 0 aromatic carbocycles. The van der Waals surface area contributed by atoms with Gasteiger partial charge in [0.2, 0.25) is 0 Å². The fourth-order valence-corrected chi connectivity index (χ4v) is 7.58. The highest BCUT2D eigenvalue weighted by Gasteiger charge is 2.51. The maximum Gasteiger partial charge on any atom is 0.472 e. The molecule has 1 saturated carbocycles. The van der Waals surface area contributed by atoms with E-state index < -0.39 is 82.0 Å². The zero-order valence-electron chi connectivity index (χ0n) is 41.3. The lowest BCUT2D eigenvalue weighted by Gasteiger charge is -2.41.